The van der Waals surface area contributed by atoms with Crippen molar-refractivity contribution < 1.29 is 29.0 Å². The minimum Gasteiger partial charge on any atom is -0.478 e. The van der Waals surface area contributed by atoms with Crippen LogP contribution in [0.15, 0.2) is 54.6 Å². The second kappa shape index (κ2) is 14.5. The van der Waals surface area contributed by atoms with Crippen LogP contribution in [-0.4, -0.2) is 44.1 Å². The maximum absolute atomic E-state index is 14.6. The number of nitrogens with one attached hydrogen (secondary N) is 2. The third-order valence-electron chi connectivity index (χ3n) is 16.4. The van der Waals surface area contributed by atoms with Gasteiger partial charge < -0.3 is 20.8 Å². The van der Waals surface area contributed by atoms with Crippen molar-refractivity contribution in [2.75, 3.05) is 6.54 Å². The number of carbonyl (C=O) groups excluding carboxylic acids is 2. The SMILES string of the molecule is C=C(C)C1CCC2(C(=O)NCCc3cccc(C(=O)NCc4ccc(C(=O)O)cc4F)c3)CCC3(I)C(CCC4C5(C)CCC(O)C(C)(C)C5CCC43C)C12. The maximum Gasteiger partial charge on any atom is 0.335 e. The van der Waals surface area contributed by atoms with Crippen molar-refractivity contribution in [3.8, 4) is 0 Å². The number of alkyl halides is 1. The van der Waals surface area contributed by atoms with E-state index in [1.807, 2.05) is 18.2 Å². The van der Waals surface area contributed by atoms with Crippen LogP contribution in [-0.2, 0) is 17.8 Å². The summed E-state index contributed by atoms with van der Waals surface area (Å²) in [5.74, 6) is 0.0957. The highest BCUT2D eigenvalue weighted by atomic mass is 127. The summed E-state index contributed by atoms with van der Waals surface area (Å²) in [5, 5.41) is 26.3. The zero-order valence-corrected chi connectivity index (χ0v) is 35.4. The van der Waals surface area contributed by atoms with E-state index in [-0.39, 0.29) is 61.2 Å². The van der Waals surface area contributed by atoms with E-state index in [0.29, 0.717) is 42.2 Å². The van der Waals surface area contributed by atoms with E-state index in [1.165, 1.54) is 30.5 Å². The molecule has 0 aliphatic heterocycles. The summed E-state index contributed by atoms with van der Waals surface area (Å²) in [4.78, 5) is 38.8. The zero-order chi connectivity index (χ0) is 39.7. The first-order valence-electron chi connectivity index (χ1n) is 20.6. The van der Waals surface area contributed by atoms with Gasteiger partial charge in [-0.1, -0.05) is 80.6 Å². The van der Waals surface area contributed by atoms with Gasteiger partial charge >= 0.3 is 5.97 Å². The van der Waals surface area contributed by atoms with Crippen molar-refractivity contribution in [1.29, 1.82) is 0 Å². The highest BCUT2D eigenvalue weighted by Crippen LogP contribution is 2.77. The monoisotopic (exact) mass is 866 g/mol. The minimum atomic E-state index is -1.21. The molecule has 5 fully saturated rings. The number of aromatic carboxylic acids is 1. The van der Waals surface area contributed by atoms with E-state index in [2.05, 4.69) is 74.4 Å². The van der Waals surface area contributed by atoms with Crippen LogP contribution in [0.1, 0.15) is 131 Å². The first-order valence-corrected chi connectivity index (χ1v) is 21.7. The molecule has 0 radical (unpaired) electrons. The van der Waals surface area contributed by atoms with E-state index in [9.17, 15) is 23.9 Å². The van der Waals surface area contributed by atoms with E-state index in [4.69, 9.17) is 5.11 Å². The van der Waals surface area contributed by atoms with Gasteiger partial charge in [-0.15, -0.1) is 0 Å². The molecule has 4 N–H and O–H groups in total. The smallest absolute Gasteiger partial charge is 0.335 e. The summed E-state index contributed by atoms with van der Waals surface area (Å²) < 4.78 is 14.5. The third-order valence-corrected chi connectivity index (χ3v) is 19.0. The Morgan fingerprint density at radius 1 is 0.891 bits per heavy atom. The summed E-state index contributed by atoms with van der Waals surface area (Å²) >= 11 is 2.92. The van der Waals surface area contributed by atoms with E-state index >= 15 is 0 Å². The van der Waals surface area contributed by atoms with Crippen molar-refractivity contribution in [1.82, 2.24) is 10.6 Å². The number of hydrogen-bond donors (Lipinski definition) is 4. The van der Waals surface area contributed by atoms with Gasteiger partial charge in [0, 0.05) is 27.6 Å². The van der Waals surface area contributed by atoms with Crippen LogP contribution < -0.4 is 10.6 Å². The number of aliphatic hydroxyl groups is 1. The van der Waals surface area contributed by atoms with Crippen LogP contribution in [0.3, 0.4) is 0 Å². The van der Waals surface area contributed by atoms with Gasteiger partial charge in [0.15, 0.2) is 0 Å². The molecule has 5 saturated carbocycles. The molecule has 0 spiro atoms. The molecule has 2 aromatic rings. The molecule has 0 heterocycles. The Kier molecular flexibility index (Phi) is 10.7. The predicted octanol–water partition coefficient (Wildman–Crippen LogP) is 9.30. The zero-order valence-electron chi connectivity index (χ0n) is 33.3. The number of amides is 2. The number of allylic oxidation sites excluding steroid dienone is 1. The van der Waals surface area contributed by atoms with Crippen molar-refractivity contribution in [2.24, 2.45) is 51.2 Å². The largest absolute Gasteiger partial charge is 0.478 e. The van der Waals surface area contributed by atoms with Crippen molar-refractivity contribution in [2.45, 2.75) is 121 Å². The van der Waals surface area contributed by atoms with Gasteiger partial charge in [-0.2, -0.15) is 0 Å². The standard InChI is InChI=1S/C46H60FIN2O5/c1-27(2)32-14-20-45(41(55)49-23-17-28-8-7-9-29(24-28)39(52)50-26-31-11-10-30(40(53)54)25-34(31)47)21-22-46(48)33(38(32)45)12-13-36-43(5)18-16-37(51)42(3,4)35(43)15-19-44(36,46)6/h7-11,24-25,32-33,35-38,51H,1,12-23,26H2,2-6H3,(H,49,55)(H,50,52)(H,53,54). The lowest BCUT2D eigenvalue weighted by atomic mass is 9.36. The van der Waals surface area contributed by atoms with Gasteiger partial charge in [0.05, 0.1) is 17.1 Å². The molecular formula is C46H60FIN2O5. The first kappa shape index (κ1) is 40.4. The molecule has 10 atom stereocenters. The lowest BCUT2D eigenvalue weighted by Gasteiger charge is -2.72. The summed E-state index contributed by atoms with van der Waals surface area (Å²) in [6, 6.07) is 10.9. The number of fused-ring (bicyclic) bond motifs is 7. The molecule has 10 unspecified atom stereocenters. The molecule has 7 rings (SSSR count). The second-order valence-corrected chi connectivity index (χ2v) is 21.1. The van der Waals surface area contributed by atoms with Gasteiger partial charge in [-0.3, -0.25) is 9.59 Å². The lowest BCUT2D eigenvalue weighted by molar-refractivity contribution is -0.204. The third kappa shape index (κ3) is 6.49. The topological polar surface area (TPSA) is 116 Å². The average Bonchev–Trinajstić information content (AvgIpc) is 3.54. The number of carboxylic acids is 1. The van der Waals surface area contributed by atoms with Crippen LogP contribution in [0, 0.1) is 57.1 Å². The van der Waals surface area contributed by atoms with Gasteiger partial charge in [-0.05, 0) is 153 Å². The Hall–Kier alpha value is -2.79. The Labute approximate surface area is 340 Å². The van der Waals surface area contributed by atoms with Crippen molar-refractivity contribution in [3.05, 3.63) is 82.7 Å². The van der Waals surface area contributed by atoms with Crippen LogP contribution in [0.2, 0.25) is 0 Å². The number of halogens is 2. The molecule has 5 aliphatic rings. The molecule has 55 heavy (non-hydrogen) atoms. The molecular weight excluding hydrogens is 806 g/mol. The van der Waals surface area contributed by atoms with E-state index in [0.717, 1.165) is 63.0 Å². The fourth-order valence-electron chi connectivity index (χ4n) is 13.5. The quantitative estimate of drug-likeness (QED) is 0.114. The number of carbonyl (C=O) groups is 3. The molecule has 0 saturated heterocycles. The number of rotatable bonds is 9. The van der Waals surface area contributed by atoms with Crippen LogP contribution in [0.4, 0.5) is 4.39 Å². The molecule has 9 heteroatoms. The number of aliphatic hydroxyl groups excluding tert-OH is 1. The normalized spacial score (nSPS) is 37.4. The highest BCUT2D eigenvalue weighted by Gasteiger charge is 2.72. The van der Waals surface area contributed by atoms with Crippen molar-refractivity contribution in [3.63, 3.8) is 0 Å². The van der Waals surface area contributed by atoms with Crippen LogP contribution in [0.5, 0.6) is 0 Å². The van der Waals surface area contributed by atoms with E-state index < -0.39 is 17.2 Å². The maximum atomic E-state index is 14.6. The fourth-order valence-corrected chi connectivity index (χ4v) is 15.1. The van der Waals surface area contributed by atoms with Crippen LogP contribution >= 0.6 is 22.6 Å². The van der Waals surface area contributed by atoms with Crippen molar-refractivity contribution >= 4 is 40.4 Å². The first-order chi connectivity index (χ1) is 25.9. The Bertz CT molecular complexity index is 1880. The molecule has 2 aromatic carbocycles. The number of benzene rings is 2. The molecule has 7 nitrogen and oxygen atoms in total. The number of carboxylic acid groups (broad SMARTS) is 1. The highest BCUT2D eigenvalue weighted by molar-refractivity contribution is 14.1. The predicted molar refractivity (Wildman–Crippen MR) is 221 cm³/mol. The Balaban J connectivity index is 1.04. The van der Waals surface area contributed by atoms with Gasteiger partial charge in [0.2, 0.25) is 5.91 Å². The average molecular weight is 867 g/mol. The number of hydrogen-bond acceptors (Lipinski definition) is 4. The molecule has 2 amide bonds. The Morgan fingerprint density at radius 2 is 1.65 bits per heavy atom. The van der Waals surface area contributed by atoms with Gasteiger partial charge in [0.25, 0.3) is 5.91 Å². The second-order valence-electron chi connectivity index (χ2n) is 19.2. The minimum absolute atomic E-state index is 0.0687. The van der Waals surface area contributed by atoms with Gasteiger partial charge in [-0.25, -0.2) is 9.18 Å². The molecule has 298 valence electrons. The summed E-state index contributed by atoms with van der Waals surface area (Å²) in [7, 11) is 0. The van der Waals surface area contributed by atoms with Crippen LogP contribution in [0.25, 0.3) is 0 Å². The summed E-state index contributed by atoms with van der Waals surface area (Å²) in [6.07, 6.45) is 10.9. The molecule has 0 aromatic heterocycles. The molecule has 5 aliphatic carbocycles. The lowest BCUT2D eigenvalue weighted by Crippen LogP contribution is -2.69. The fraction of sp³-hybridized carbons (Fsp3) is 0.630. The Morgan fingerprint density at radius 3 is 2.36 bits per heavy atom. The molecule has 0 bridgehead atoms. The summed E-state index contributed by atoms with van der Waals surface area (Å²) in [6.45, 7) is 16.9. The van der Waals surface area contributed by atoms with Gasteiger partial charge in [0.1, 0.15) is 5.82 Å². The van der Waals surface area contributed by atoms with E-state index in [1.54, 1.807) is 6.07 Å². The summed E-state index contributed by atoms with van der Waals surface area (Å²) in [5.41, 5.74) is 2.52.